The van der Waals surface area contributed by atoms with Gasteiger partial charge in [-0.25, -0.2) is 0 Å². The van der Waals surface area contributed by atoms with Gasteiger partial charge < -0.3 is 10.2 Å². The van der Waals surface area contributed by atoms with Gasteiger partial charge in [-0.2, -0.15) is 0 Å². The van der Waals surface area contributed by atoms with Crippen LogP contribution in [0.5, 0.6) is 0 Å². The van der Waals surface area contributed by atoms with Crippen molar-refractivity contribution in [2.75, 3.05) is 33.2 Å². The van der Waals surface area contributed by atoms with Gasteiger partial charge >= 0.3 is 0 Å². The van der Waals surface area contributed by atoms with E-state index in [9.17, 15) is 0 Å². The van der Waals surface area contributed by atoms with Gasteiger partial charge in [-0.1, -0.05) is 20.8 Å². The SMILES string of the molecule is CC(C)CCN(C)CCC(C)C1CCCNC1. The molecule has 1 rings (SSSR count). The first-order valence-electron chi connectivity index (χ1n) is 7.49. The highest BCUT2D eigenvalue weighted by Gasteiger charge is 2.19. The molecule has 102 valence electrons. The van der Waals surface area contributed by atoms with Crippen molar-refractivity contribution in [3.8, 4) is 0 Å². The summed E-state index contributed by atoms with van der Waals surface area (Å²) in [5, 5.41) is 3.53. The van der Waals surface area contributed by atoms with E-state index in [2.05, 4.69) is 38.0 Å². The molecule has 0 aromatic heterocycles. The van der Waals surface area contributed by atoms with Gasteiger partial charge in [0.15, 0.2) is 0 Å². The van der Waals surface area contributed by atoms with Gasteiger partial charge in [-0.3, -0.25) is 0 Å². The first-order chi connectivity index (χ1) is 8.09. The number of hydrogen-bond acceptors (Lipinski definition) is 2. The van der Waals surface area contributed by atoms with Crippen LogP contribution in [-0.4, -0.2) is 38.1 Å². The van der Waals surface area contributed by atoms with Crippen LogP contribution >= 0.6 is 0 Å². The normalized spacial score (nSPS) is 23.3. The standard InChI is InChI=1S/C15H32N2/c1-13(2)7-10-17(4)11-8-14(3)15-6-5-9-16-12-15/h13-16H,5-12H2,1-4H3. The fourth-order valence-corrected chi connectivity index (χ4v) is 2.61. The highest BCUT2D eigenvalue weighted by Crippen LogP contribution is 2.22. The minimum Gasteiger partial charge on any atom is -0.316 e. The summed E-state index contributed by atoms with van der Waals surface area (Å²) in [6, 6.07) is 0. The molecule has 2 heteroatoms. The van der Waals surface area contributed by atoms with Crippen LogP contribution in [0.1, 0.15) is 46.5 Å². The summed E-state index contributed by atoms with van der Waals surface area (Å²) in [5.74, 6) is 2.63. The molecule has 2 unspecified atom stereocenters. The Bertz CT molecular complexity index is 185. The number of hydrogen-bond donors (Lipinski definition) is 1. The third kappa shape index (κ3) is 6.42. The lowest BCUT2D eigenvalue weighted by molar-refractivity contribution is 0.228. The second-order valence-corrected chi connectivity index (χ2v) is 6.36. The summed E-state index contributed by atoms with van der Waals surface area (Å²) in [4.78, 5) is 2.51. The average molecular weight is 240 g/mol. The smallest absolute Gasteiger partial charge is 0.00180 e. The highest BCUT2D eigenvalue weighted by atomic mass is 15.1. The fraction of sp³-hybridized carbons (Fsp3) is 1.00. The molecule has 0 aromatic carbocycles. The van der Waals surface area contributed by atoms with Gasteiger partial charge in [-0.15, -0.1) is 0 Å². The minimum atomic E-state index is 0.831. The van der Waals surface area contributed by atoms with Crippen LogP contribution in [0.15, 0.2) is 0 Å². The molecule has 1 aliphatic heterocycles. The van der Waals surface area contributed by atoms with Gasteiger partial charge in [0, 0.05) is 0 Å². The zero-order valence-electron chi connectivity index (χ0n) is 12.3. The Morgan fingerprint density at radius 2 is 1.88 bits per heavy atom. The van der Waals surface area contributed by atoms with Crippen molar-refractivity contribution in [3.63, 3.8) is 0 Å². The fourth-order valence-electron chi connectivity index (χ4n) is 2.61. The van der Waals surface area contributed by atoms with Crippen LogP contribution in [0.2, 0.25) is 0 Å². The van der Waals surface area contributed by atoms with E-state index in [0.717, 1.165) is 17.8 Å². The minimum absolute atomic E-state index is 0.831. The number of nitrogens with one attached hydrogen (secondary N) is 1. The van der Waals surface area contributed by atoms with E-state index >= 15 is 0 Å². The number of piperidine rings is 1. The Hall–Kier alpha value is -0.0800. The van der Waals surface area contributed by atoms with Crippen molar-refractivity contribution in [3.05, 3.63) is 0 Å². The topological polar surface area (TPSA) is 15.3 Å². The second kappa shape index (κ2) is 8.10. The monoisotopic (exact) mass is 240 g/mol. The van der Waals surface area contributed by atoms with Crippen molar-refractivity contribution >= 4 is 0 Å². The van der Waals surface area contributed by atoms with Crippen LogP contribution in [0.3, 0.4) is 0 Å². The number of rotatable bonds is 7. The van der Waals surface area contributed by atoms with Crippen LogP contribution < -0.4 is 5.32 Å². The molecule has 1 N–H and O–H groups in total. The van der Waals surface area contributed by atoms with Crippen molar-refractivity contribution in [2.24, 2.45) is 17.8 Å². The largest absolute Gasteiger partial charge is 0.316 e. The molecule has 1 heterocycles. The molecule has 0 amide bonds. The molecule has 1 aliphatic rings. The van der Waals surface area contributed by atoms with E-state index in [1.54, 1.807) is 0 Å². The lowest BCUT2D eigenvalue weighted by Crippen LogP contribution is -2.34. The molecular formula is C15H32N2. The number of nitrogens with zero attached hydrogens (tertiary/aromatic N) is 1. The molecule has 2 atom stereocenters. The molecule has 0 spiro atoms. The second-order valence-electron chi connectivity index (χ2n) is 6.36. The molecule has 0 aromatic rings. The Kier molecular flexibility index (Phi) is 7.14. The summed E-state index contributed by atoms with van der Waals surface area (Å²) in [5.41, 5.74) is 0. The molecule has 2 nitrogen and oxygen atoms in total. The van der Waals surface area contributed by atoms with Crippen molar-refractivity contribution in [1.29, 1.82) is 0 Å². The Morgan fingerprint density at radius 1 is 1.18 bits per heavy atom. The van der Waals surface area contributed by atoms with Crippen molar-refractivity contribution in [2.45, 2.75) is 46.5 Å². The maximum absolute atomic E-state index is 3.53. The van der Waals surface area contributed by atoms with Crippen LogP contribution in [-0.2, 0) is 0 Å². The van der Waals surface area contributed by atoms with Gasteiger partial charge in [0.2, 0.25) is 0 Å². The molecule has 0 aliphatic carbocycles. The Morgan fingerprint density at radius 3 is 2.47 bits per heavy atom. The third-order valence-corrected chi connectivity index (χ3v) is 4.19. The molecule has 0 saturated carbocycles. The van der Waals surface area contributed by atoms with Gasteiger partial charge in [-0.05, 0) is 76.7 Å². The van der Waals surface area contributed by atoms with Crippen LogP contribution in [0.25, 0.3) is 0 Å². The zero-order valence-corrected chi connectivity index (χ0v) is 12.3. The first-order valence-corrected chi connectivity index (χ1v) is 7.49. The van der Waals surface area contributed by atoms with Gasteiger partial charge in [0.05, 0.1) is 0 Å². The predicted molar refractivity (Wildman–Crippen MR) is 76.3 cm³/mol. The van der Waals surface area contributed by atoms with E-state index in [-0.39, 0.29) is 0 Å². The lowest BCUT2D eigenvalue weighted by Gasteiger charge is -2.29. The van der Waals surface area contributed by atoms with Crippen molar-refractivity contribution < 1.29 is 0 Å². The molecule has 0 radical (unpaired) electrons. The summed E-state index contributed by atoms with van der Waals surface area (Å²) in [6.45, 7) is 12.1. The zero-order chi connectivity index (χ0) is 12.7. The van der Waals surface area contributed by atoms with E-state index in [0.29, 0.717) is 0 Å². The predicted octanol–water partition coefficient (Wildman–Crippen LogP) is 2.99. The lowest BCUT2D eigenvalue weighted by atomic mass is 9.85. The molecule has 1 saturated heterocycles. The van der Waals surface area contributed by atoms with Gasteiger partial charge in [0.1, 0.15) is 0 Å². The van der Waals surface area contributed by atoms with Crippen LogP contribution in [0.4, 0.5) is 0 Å². The molecule has 17 heavy (non-hydrogen) atoms. The molecule has 0 bridgehead atoms. The summed E-state index contributed by atoms with van der Waals surface area (Å²) in [7, 11) is 2.27. The summed E-state index contributed by atoms with van der Waals surface area (Å²) in [6.07, 6.45) is 5.50. The first kappa shape index (κ1) is 15.0. The quantitative estimate of drug-likeness (QED) is 0.736. The van der Waals surface area contributed by atoms with Crippen molar-refractivity contribution in [1.82, 2.24) is 10.2 Å². The van der Waals surface area contributed by atoms with Gasteiger partial charge in [0.25, 0.3) is 0 Å². The van der Waals surface area contributed by atoms with E-state index in [1.807, 2.05) is 0 Å². The molecular weight excluding hydrogens is 208 g/mol. The van der Waals surface area contributed by atoms with E-state index in [1.165, 1.54) is 51.9 Å². The Balaban J connectivity index is 2.11. The maximum Gasteiger partial charge on any atom is -0.00180 e. The van der Waals surface area contributed by atoms with E-state index < -0.39 is 0 Å². The van der Waals surface area contributed by atoms with Crippen LogP contribution in [0, 0.1) is 17.8 Å². The average Bonchev–Trinajstić information content (AvgIpc) is 2.34. The highest BCUT2D eigenvalue weighted by molar-refractivity contribution is 4.74. The molecule has 1 fully saturated rings. The summed E-state index contributed by atoms with van der Waals surface area (Å²) >= 11 is 0. The van der Waals surface area contributed by atoms with E-state index in [4.69, 9.17) is 0 Å². The third-order valence-electron chi connectivity index (χ3n) is 4.19. The summed E-state index contributed by atoms with van der Waals surface area (Å²) < 4.78 is 0. The maximum atomic E-state index is 3.53. The Labute approximate surface area is 108 Å².